The first-order valence-corrected chi connectivity index (χ1v) is 10.2. The van der Waals surface area contributed by atoms with Crippen molar-refractivity contribution in [3.05, 3.63) is 49.1 Å². The van der Waals surface area contributed by atoms with Gasteiger partial charge in [-0.25, -0.2) is 8.42 Å². The number of nitrogens with one attached hydrogen (secondary N) is 1. The van der Waals surface area contributed by atoms with E-state index in [2.05, 4.69) is 22.7 Å². The molecule has 0 aliphatic heterocycles. The molecule has 0 aliphatic carbocycles. The Kier molecular flexibility index (Phi) is 11.8. The summed E-state index contributed by atoms with van der Waals surface area (Å²) in [5.74, 6) is -1.15. The molecule has 1 rings (SSSR count). The van der Waals surface area contributed by atoms with E-state index in [1.54, 1.807) is 18.2 Å². The first-order chi connectivity index (χ1) is 11.8. The van der Waals surface area contributed by atoms with E-state index in [1.165, 1.54) is 26.0 Å². The minimum Gasteiger partial charge on any atom is -0.748 e. The molecule has 8 nitrogen and oxygen atoms in total. The third-order valence-electron chi connectivity index (χ3n) is 2.81. The van der Waals surface area contributed by atoms with Crippen LogP contribution in [0, 0.1) is 0 Å². The van der Waals surface area contributed by atoms with Gasteiger partial charge in [-0.15, -0.1) is 0 Å². The van der Waals surface area contributed by atoms with Crippen LogP contribution in [-0.2, 0) is 29.2 Å². The second-order valence-corrected chi connectivity index (χ2v) is 8.79. The Morgan fingerprint density at radius 1 is 1.19 bits per heavy atom. The van der Waals surface area contributed by atoms with E-state index in [0.717, 1.165) is 18.7 Å². The summed E-state index contributed by atoms with van der Waals surface area (Å²) in [7, 11) is -6.76. The van der Waals surface area contributed by atoms with Gasteiger partial charge in [0.1, 0.15) is 0 Å². The van der Waals surface area contributed by atoms with Crippen LogP contribution >= 0.6 is 0 Å². The zero-order valence-corrected chi connectivity index (χ0v) is 17.4. The number of amides is 1. The van der Waals surface area contributed by atoms with Gasteiger partial charge in [-0.05, 0) is 37.6 Å². The molecule has 0 atom stereocenters. The quantitative estimate of drug-likeness (QED) is 0.244. The van der Waals surface area contributed by atoms with Crippen molar-refractivity contribution >= 4 is 32.2 Å². The van der Waals surface area contributed by atoms with Gasteiger partial charge in [0.25, 0.3) is 10.1 Å². The van der Waals surface area contributed by atoms with Crippen molar-refractivity contribution in [3.63, 3.8) is 0 Å². The third-order valence-corrected chi connectivity index (χ3v) is 5.17. The molecule has 0 radical (unpaired) electrons. The van der Waals surface area contributed by atoms with Gasteiger partial charge in [0.15, 0.2) is 0 Å². The van der Waals surface area contributed by atoms with Crippen LogP contribution in [0.4, 0.5) is 0 Å². The Morgan fingerprint density at radius 2 is 1.67 bits per heavy atom. The molecule has 1 aromatic carbocycles. The van der Waals surface area contributed by atoms with E-state index in [9.17, 15) is 26.2 Å². The van der Waals surface area contributed by atoms with E-state index in [1.807, 2.05) is 0 Å². The Bertz CT molecular complexity index is 845. The van der Waals surface area contributed by atoms with Gasteiger partial charge in [-0.3, -0.25) is 8.98 Å². The van der Waals surface area contributed by atoms with E-state index < -0.39 is 37.4 Å². The predicted octanol–water partition coefficient (Wildman–Crippen LogP) is -1.72. The molecule has 0 spiro atoms. The summed E-state index contributed by atoms with van der Waals surface area (Å²) in [6, 6.07) is 6.30. The van der Waals surface area contributed by atoms with Crippen molar-refractivity contribution in [2.24, 2.45) is 0 Å². The first-order valence-electron chi connectivity index (χ1n) is 7.17. The monoisotopic (exact) mass is 411 g/mol. The minimum absolute atomic E-state index is 0. The summed E-state index contributed by atoms with van der Waals surface area (Å²) in [6.07, 6.45) is 2.66. The number of carbonyl (C=O) groups is 1. The normalized spacial score (nSPS) is 11.3. The fourth-order valence-electron chi connectivity index (χ4n) is 1.73. The van der Waals surface area contributed by atoms with Gasteiger partial charge in [0.2, 0.25) is 5.91 Å². The zero-order chi connectivity index (χ0) is 20.6. The van der Waals surface area contributed by atoms with Gasteiger partial charge in [-0.1, -0.05) is 31.4 Å². The first kappa shape index (κ1) is 27.8. The molecule has 0 unspecified atom stereocenters. The molecule has 1 amide bonds. The van der Waals surface area contributed by atoms with Gasteiger partial charge in [0, 0.05) is 5.54 Å². The third kappa shape index (κ3) is 11.8. The molecule has 0 fully saturated rings. The average Bonchev–Trinajstić information content (AvgIpc) is 2.52. The summed E-state index contributed by atoms with van der Waals surface area (Å²) in [4.78, 5) is 10.9. The molecule has 0 aliphatic rings. The molecule has 146 valence electrons. The fourth-order valence-corrected chi connectivity index (χ4v) is 3.35. The summed E-state index contributed by atoms with van der Waals surface area (Å²) < 4.78 is 57.8. The summed E-state index contributed by atoms with van der Waals surface area (Å²) in [5, 5.41) is 2.33. The molecular weight excluding hydrogens is 389 g/mol. The summed E-state index contributed by atoms with van der Waals surface area (Å²) in [5.41, 5.74) is -0.193. The molecule has 0 bridgehead atoms. The maximum Gasteiger partial charge on any atom is 1.00 e. The fraction of sp³-hybridized carbons (Fsp3) is 0.312. The van der Waals surface area contributed by atoms with Crippen LogP contribution in [0.5, 0.6) is 0 Å². The summed E-state index contributed by atoms with van der Waals surface area (Å²) in [6.45, 7) is 9.66. The number of carbonyl (C=O) groups excluding carboxylic acids is 1. The molecule has 11 heteroatoms. The van der Waals surface area contributed by atoms with Crippen molar-refractivity contribution in [1.29, 1.82) is 0 Å². The van der Waals surface area contributed by atoms with Crippen molar-refractivity contribution < 1.29 is 49.2 Å². The maximum absolute atomic E-state index is 11.2. The second kappa shape index (κ2) is 11.4. The van der Waals surface area contributed by atoms with Crippen LogP contribution in [0.15, 0.2) is 48.4 Å². The number of benzene rings is 1. The zero-order valence-electron chi connectivity index (χ0n) is 15.8. The van der Waals surface area contributed by atoms with Gasteiger partial charge >= 0.3 is 18.9 Å². The van der Waals surface area contributed by atoms with E-state index >= 15 is 0 Å². The van der Waals surface area contributed by atoms with Gasteiger partial charge in [0.05, 0.1) is 27.9 Å². The predicted molar refractivity (Wildman–Crippen MR) is 97.7 cm³/mol. The Morgan fingerprint density at radius 3 is 2.00 bits per heavy atom. The summed E-state index contributed by atoms with van der Waals surface area (Å²) >= 11 is 0. The number of hydrogen-bond acceptors (Lipinski definition) is 7. The van der Waals surface area contributed by atoms with E-state index in [0.29, 0.717) is 0 Å². The second-order valence-electron chi connectivity index (χ2n) is 5.67. The smallest absolute Gasteiger partial charge is 0.748 e. The maximum atomic E-state index is 11.2. The van der Waals surface area contributed by atoms with Crippen molar-refractivity contribution in [2.45, 2.75) is 24.3 Å². The Labute approximate surface area is 172 Å². The van der Waals surface area contributed by atoms with Crippen molar-refractivity contribution in [3.8, 4) is 0 Å². The van der Waals surface area contributed by atoms with Crippen LogP contribution in [0.1, 0.15) is 19.4 Å². The van der Waals surface area contributed by atoms with Crippen LogP contribution in [0.25, 0.3) is 6.08 Å². The molecule has 1 N–H and O–H groups in total. The average molecular weight is 411 g/mol. The Hall–Kier alpha value is -1.41. The molecule has 0 saturated heterocycles. The standard InChI is InChI=1S/C9H10O3S.C7H13NO4S.Li/c1-3-8-4-6-9(7-5-8)13(10,11)12-2;1-4-6(9)8-7(2,3)5-13(10,11)12;/h3-7H,1H2,2H3;4H,1,5H2,2-3H3,(H,8,9)(H,10,11,12);/q;;+1/p-1. The number of hydrogen-bond donors (Lipinski definition) is 1. The van der Waals surface area contributed by atoms with Crippen LogP contribution in [0.3, 0.4) is 0 Å². The Balaban J connectivity index is 0. The van der Waals surface area contributed by atoms with Crippen molar-refractivity contribution in [1.82, 2.24) is 5.32 Å². The number of rotatable bonds is 7. The van der Waals surface area contributed by atoms with Crippen LogP contribution in [-0.4, -0.2) is 45.7 Å². The van der Waals surface area contributed by atoms with Crippen molar-refractivity contribution in [2.75, 3.05) is 12.9 Å². The van der Waals surface area contributed by atoms with Crippen LogP contribution in [0.2, 0.25) is 0 Å². The minimum atomic E-state index is -4.33. The molecule has 0 heterocycles. The molecule has 1 aromatic rings. The molecular formula is C16H22LiNO7S2. The van der Waals surface area contributed by atoms with Crippen LogP contribution < -0.4 is 24.2 Å². The largest absolute Gasteiger partial charge is 1.00 e. The van der Waals surface area contributed by atoms with Gasteiger partial charge in [-0.2, -0.15) is 8.42 Å². The molecule has 0 aromatic heterocycles. The van der Waals surface area contributed by atoms with E-state index in [-0.39, 0.29) is 23.8 Å². The van der Waals surface area contributed by atoms with E-state index in [4.69, 9.17) is 0 Å². The topological polar surface area (TPSA) is 130 Å². The van der Waals surface area contributed by atoms with Gasteiger partial charge < -0.3 is 9.87 Å². The molecule has 0 saturated carbocycles. The SMILES string of the molecule is C=CC(=O)NC(C)(C)CS(=O)(=O)[O-].C=Cc1ccc(S(=O)(=O)OC)cc1.[Li+]. The molecule has 27 heavy (non-hydrogen) atoms.